The van der Waals surface area contributed by atoms with E-state index in [2.05, 4.69) is 5.32 Å². The van der Waals surface area contributed by atoms with Gasteiger partial charge in [-0.15, -0.1) is 0 Å². The maximum absolute atomic E-state index is 15.1. The minimum absolute atomic E-state index is 0.0383. The highest BCUT2D eigenvalue weighted by atomic mass is 19.3. The summed E-state index contributed by atoms with van der Waals surface area (Å²) in [6.45, 7) is 13.7. The molecular weight excluding hydrogens is 386 g/mol. The molecular formula is C20H29BF3NO4. The number of benzene rings is 1. The Bertz CT molecular complexity index is 762. The van der Waals surface area contributed by atoms with E-state index < -0.39 is 53.9 Å². The van der Waals surface area contributed by atoms with E-state index >= 15 is 4.39 Å². The minimum Gasteiger partial charge on any atom is -0.444 e. The first-order valence-electron chi connectivity index (χ1n) is 9.51. The molecule has 29 heavy (non-hydrogen) atoms. The van der Waals surface area contributed by atoms with Crippen LogP contribution in [0, 0.1) is 5.82 Å². The fourth-order valence-electron chi connectivity index (χ4n) is 2.94. The third-order valence-electron chi connectivity index (χ3n) is 5.17. The molecule has 1 aliphatic heterocycles. The van der Waals surface area contributed by atoms with Gasteiger partial charge in [0.2, 0.25) is 0 Å². The predicted octanol–water partition coefficient (Wildman–Crippen LogP) is 4.65. The van der Waals surface area contributed by atoms with Gasteiger partial charge >= 0.3 is 13.2 Å². The van der Waals surface area contributed by atoms with Crippen molar-refractivity contribution in [1.82, 2.24) is 5.32 Å². The molecule has 162 valence electrons. The zero-order valence-corrected chi connectivity index (χ0v) is 18.2. The summed E-state index contributed by atoms with van der Waals surface area (Å²) in [7, 11) is -1.11. The lowest BCUT2D eigenvalue weighted by atomic mass is 9.76. The number of amides is 1. The molecule has 1 amide bonds. The lowest BCUT2D eigenvalue weighted by molar-refractivity contribution is 0.00578. The van der Waals surface area contributed by atoms with Crippen molar-refractivity contribution in [1.29, 1.82) is 0 Å². The summed E-state index contributed by atoms with van der Waals surface area (Å²) in [5.41, 5.74) is -3.16. The van der Waals surface area contributed by atoms with Crippen LogP contribution in [0.1, 0.15) is 79.0 Å². The highest BCUT2D eigenvalue weighted by Gasteiger charge is 2.52. The summed E-state index contributed by atoms with van der Waals surface area (Å²) in [5.74, 6) is -1.10. The monoisotopic (exact) mass is 415 g/mol. The van der Waals surface area contributed by atoms with Crippen LogP contribution in [0.4, 0.5) is 18.0 Å². The molecule has 5 nitrogen and oxygen atoms in total. The lowest BCUT2D eigenvalue weighted by Gasteiger charge is -2.32. The van der Waals surface area contributed by atoms with Crippen LogP contribution in [0.2, 0.25) is 0 Å². The molecule has 9 heteroatoms. The normalized spacial score (nSPS) is 19.4. The molecule has 0 aromatic heterocycles. The van der Waals surface area contributed by atoms with E-state index in [4.69, 9.17) is 14.0 Å². The Morgan fingerprint density at radius 2 is 1.66 bits per heavy atom. The van der Waals surface area contributed by atoms with E-state index in [1.165, 1.54) is 19.1 Å². The first-order chi connectivity index (χ1) is 13.1. The third-order valence-corrected chi connectivity index (χ3v) is 5.17. The average molecular weight is 415 g/mol. The summed E-state index contributed by atoms with van der Waals surface area (Å²) >= 11 is 0. The summed E-state index contributed by atoms with van der Waals surface area (Å²) in [5, 5.41) is 2.47. The fraction of sp³-hybridized carbons (Fsp3) is 0.650. The van der Waals surface area contributed by atoms with Crippen LogP contribution in [0.3, 0.4) is 0 Å². The Morgan fingerprint density at radius 3 is 2.10 bits per heavy atom. The second-order valence-corrected chi connectivity index (χ2v) is 9.23. The van der Waals surface area contributed by atoms with Gasteiger partial charge in [0.1, 0.15) is 11.4 Å². The van der Waals surface area contributed by atoms with Gasteiger partial charge in [-0.25, -0.2) is 18.0 Å². The molecule has 1 fully saturated rings. The first kappa shape index (κ1) is 23.5. The van der Waals surface area contributed by atoms with Gasteiger partial charge in [0.15, 0.2) is 0 Å². The quantitative estimate of drug-likeness (QED) is 0.728. The van der Waals surface area contributed by atoms with E-state index in [1.807, 2.05) is 0 Å². The number of ether oxygens (including phenoxy) is 1. The number of halogens is 3. The van der Waals surface area contributed by atoms with Crippen LogP contribution in [-0.4, -0.2) is 30.0 Å². The average Bonchev–Trinajstić information content (AvgIpc) is 2.72. The maximum atomic E-state index is 15.1. The molecule has 1 atom stereocenters. The first-order valence-corrected chi connectivity index (χ1v) is 9.51. The van der Waals surface area contributed by atoms with E-state index in [-0.39, 0.29) is 11.0 Å². The standard InChI is InChI=1S/C20H29BF3NO4/c1-11(25-17(26)27-18(2,3)4)12-9-10-13(15(22)14(12)16(23)24)21-28-19(5,6)20(7,8)29-21/h9-11,16H,1-8H3,(H,25,26)/t11-/m1/s1. The summed E-state index contributed by atoms with van der Waals surface area (Å²) < 4.78 is 59.4. The largest absolute Gasteiger partial charge is 0.497 e. The van der Waals surface area contributed by atoms with Gasteiger partial charge in [-0.05, 0) is 61.0 Å². The van der Waals surface area contributed by atoms with Gasteiger partial charge in [0.25, 0.3) is 6.43 Å². The summed E-state index contributed by atoms with van der Waals surface area (Å²) in [6, 6.07) is 1.81. The van der Waals surface area contributed by atoms with Gasteiger partial charge in [0.05, 0.1) is 22.8 Å². The second-order valence-electron chi connectivity index (χ2n) is 9.23. The molecule has 1 aromatic rings. The van der Waals surface area contributed by atoms with Crippen molar-refractivity contribution in [3.05, 3.63) is 29.1 Å². The summed E-state index contributed by atoms with van der Waals surface area (Å²) in [6.07, 6.45) is -3.86. The maximum Gasteiger partial charge on any atom is 0.497 e. The van der Waals surface area contributed by atoms with Crippen molar-refractivity contribution in [3.8, 4) is 0 Å². The van der Waals surface area contributed by atoms with E-state index in [0.29, 0.717) is 0 Å². The smallest absolute Gasteiger partial charge is 0.444 e. The fourth-order valence-corrected chi connectivity index (χ4v) is 2.94. The molecule has 0 aliphatic carbocycles. The van der Waals surface area contributed by atoms with Crippen LogP contribution in [0.15, 0.2) is 12.1 Å². The number of rotatable bonds is 4. The zero-order chi connectivity index (χ0) is 22.4. The Labute approximate surface area is 170 Å². The molecule has 0 saturated carbocycles. The number of nitrogens with one attached hydrogen (secondary N) is 1. The van der Waals surface area contributed by atoms with Gasteiger partial charge in [-0.2, -0.15) is 0 Å². The lowest BCUT2D eigenvalue weighted by Crippen LogP contribution is -2.41. The predicted molar refractivity (Wildman–Crippen MR) is 105 cm³/mol. The molecule has 1 aromatic carbocycles. The molecule has 1 saturated heterocycles. The molecule has 0 bridgehead atoms. The van der Waals surface area contributed by atoms with E-state index in [9.17, 15) is 13.6 Å². The molecule has 0 spiro atoms. The van der Waals surface area contributed by atoms with Crippen molar-refractivity contribution in [2.45, 2.75) is 84.7 Å². The van der Waals surface area contributed by atoms with Gasteiger partial charge in [-0.3, -0.25) is 0 Å². The van der Waals surface area contributed by atoms with Crippen LogP contribution < -0.4 is 10.8 Å². The highest BCUT2D eigenvalue weighted by molar-refractivity contribution is 6.62. The Kier molecular flexibility index (Phi) is 6.36. The van der Waals surface area contributed by atoms with Gasteiger partial charge < -0.3 is 19.4 Å². The molecule has 2 rings (SSSR count). The topological polar surface area (TPSA) is 56.8 Å². The van der Waals surface area contributed by atoms with Crippen LogP contribution >= 0.6 is 0 Å². The molecule has 0 radical (unpaired) electrons. The SMILES string of the molecule is C[C@@H](NC(=O)OC(C)(C)C)c1ccc(B2OC(C)(C)C(C)(C)O2)c(F)c1C(F)F. The Morgan fingerprint density at radius 1 is 1.14 bits per heavy atom. The molecule has 1 N–H and O–H groups in total. The van der Waals surface area contributed by atoms with E-state index in [0.717, 1.165) is 0 Å². The molecule has 1 heterocycles. The number of alkyl halides is 2. The van der Waals surface area contributed by atoms with Crippen molar-refractivity contribution >= 4 is 18.7 Å². The second kappa shape index (κ2) is 7.83. The van der Waals surface area contributed by atoms with Gasteiger partial charge in [-0.1, -0.05) is 12.1 Å². The number of hydrogen-bond donors (Lipinski definition) is 1. The van der Waals surface area contributed by atoms with Crippen molar-refractivity contribution in [3.63, 3.8) is 0 Å². The number of hydrogen-bond acceptors (Lipinski definition) is 4. The summed E-state index contributed by atoms with van der Waals surface area (Å²) in [4.78, 5) is 12.0. The van der Waals surface area contributed by atoms with Crippen LogP contribution in [0.5, 0.6) is 0 Å². The van der Waals surface area contributed by atoms with E-state index in [1.54, 1.807) is 48.5 Å². The van der Waals surface area contributed by atoms with Crippen molar-refractivity contribution in [2.24, 2.45) is 0 Å². The van der Waals surface area contributed by atoms with Crippen LogP contribution in [0.25, 0.3) is 0 Å². The zero-order valence-electron chi connectivity index (χ0n) is 18.2. The van der Waals surface area contributed by atoms with Crippen molar-refractivity contribution in [2.75, 3.05) is 0 Å². The number of alkyl carbamates (subject to hydrolysis) is 1. The van der Waals surface area contributed by atoms with Crippen LogP contribution in [-0.2, 0) is 14.0 Å². The van der Waals surface area contributed by atoms with Gasteiger partial charge in [0, 0.05) is 5.46 Å². The molecule has 0 unspecified atom stereocenters. The minimum atomic E-state index is -3.09. The number of carbonyl (C=O) groups excluding carboxylic acids is 1. The highest BCUT2D eigenvalue weighted by Crippen LogP contribution is 2.37. The molecule has 1 aliphatic rings. The Hall–Kier alpha value is -1.74. The Balaban J connectivity index is 2.35. The number of carbonyl (C=O) groups is 1. The van der Waals surface area contributed by atoms with Crippen molar-refractivity contribution < 1.29 is 32.0 Å². The third kappa shape index (κ3) is 5.06.